The Labute approximate surface area is 92.6 Å². The molecule has 0 saturated carbocycles. The van der Waals surface area contributed by atoms with E-state index in [0.29, 0.717) is 12.1 Å². The quantitative estimate of drug-likeness (QED) is 0.712. The second-order valence-electron chi connectivity index (χ2n) is 4.22. The molecule has 1 aliphatic rings. The summed E-state index contributed by atoms with van der Waals surface area (Å²) in [5.41, 5.74) is 5.93. The van der Waals surface area contributed by atoms with E-state index < -0.39 is 0 Å². The zero-order valence-corrected chi connectivity index (χ0v) is 10.4. The number of nitrogens with zero attached hydrogens (tertiary/aromatic N) is 1. The Morgan fingerprint density at radius 2 is 2.29 bits per heavy atom. The Hall–Kier alpha value is 0.270. The summed E-state index contributed by atoms with van der Waals surface area (Å²) in [5, 5.41) is 0. The van der Waals surface area contributed by atoms with Crippen molar-refractivity contribution < 1.29 is 0 Å². The van der Waals surface area contributed by atoms with Gasteiger partial charge in [0.05, 0.1) is 0 Å². The molecule has 0 aromatic carbocycles. The zero-order valence-electron chi connectivity index (χ0n) is 9.54. The normalized spacial score (nSPS) is 29.4. The molecule has 0 bridgehead atoms. The number of hydrogen-bond acceptors (Lipinski definition) is 3. The standard InChI is InChI=1S/C11H24N2S/c1-3-14-8-4-6-13-7-5-11(12)9-10(13)2/h10-11H,3-9,12H2,1-2H3. The molecule has 2 nitrogen and oxygen atoms in total. The lowest BCUT2D eigenvalue weighted by Crippen LogP contribution is -2.45. The summed E-state index contributed by atoms with van der Waals surface area (Å²) in [5.74, 6) is 2.56. The van der Waals surface area contributed by atoms with E-state index in [2.05, 4.69) is 18.7 Å². The van der Waals surface area contributed by atoms with E-state index in [0.717, 1.165) is 0 Å². The third-order valence-electron chi connectivity index (χ3n) is 2.99. The lowest BCUT2D eigenvalue weighted by Gasteiger charge is -2.36. The fourth-order valence-electron chi connectivity index (χ4n) is 2.10. The van der Waals surface area contributed by atoms with Gasteiger partial charge in [0.15, 0.2) is 0 Å². The van der Waals surface area contributed by atoms with E-state index in [4.69, 9.17) is 5.73 Å². The lowest BCUT2D eigenvalue weighted by molar-refractivity contribution is 0.148. The molecule has 0 aromatic rings. The van der Waals surface area contributed by atoms with E-state index in [1.165, 1.54) is 43.9 Å². The predicted octanol–water partition coefficient (Wildman–Crippen LogP) is 1.94. The van der Waals surface area contributed by atoms with Crippen molar-refractivity contribution in [1.82, 2.24) is 4.90 Å². The van der Waals surface area contributed by atoms with Crippen molar-refractivity contribution in [2.45, 2.75) is 45.2 Å². The number of piperidine rings is 1. The molecular weight excluding hydrogens is 192 g/mol. The molecule has 2 unspecified atom stereocenters. The third kappa shape index (κ3) is 4.20. The van der Waals surface area contributed by atoms with E-state index in [1.54, 1.807) is 0 Å². The van der Waals surface area contributed by atoms with Crippen LogP contribution in [0.1, 0.15) is 33.1 Å². The van der Waals surface area contributed by atoms with Crippen molar-refractivity contribution in [3.8, 4) is 0 Å². The third-order valence-corrected chi connectivity index (χ3v) is 3.98. The largest absolute Gasteiger partial charge is 0.328 e. The molecule has 0 radical (unpaired) electrons. The number of thioether (sulfide) groups is 1. The summed E-state index contributed by atoms with van der Waals surface area (Å²) in [6, 6.07) is 1.15. The van der Waals surface area contributed by atoms with Gasteiger partial charge >= 0.3 is 0 Å². The highest BCUT2D eigenvalue weighted by atomic mass is 32.2. The van der Waals surface area contributed by atoms with Gasteiger partial charge in [0.25, 0.3) is 0 Å². The molecule has 0 aromatic heterocycles. The van der Waals surface area contributed by atoms with Crippen molar-refractivity contribution in [3.05, 3.63) is 0 Å². The van der Waals surface area contributed by atoms with Crippen LogP contribution in [0.2, 0.25) is 0 Å². The monoisotopic (exact) mass is 216 g/mol. The summed E-state index contributed by atoms with van der Waals surface area (Å²) in [6.45, 7) is 7.01. The van der Waals surface area contributed by atoms with Gasteiger partial charge < -0.3 is 10.6 Å². The SMILES string of the molecule is CCSCCCN1CCC(N)CC1C. The summed E-state index contributed by atoms with van der Waals surface area (Å²) in [6.07, 6.45) is 3.70. The summed E-state index contributed by atoms with van der Waals surface area (Å²) < 4.78 is 0. The van der Waals surface area contributed by atoms with Crippen molar-refractivity contribution in [2.75, 3.05) is 24.6 Å². The zero-order chi connectivity index (χ0) is 10.4. The van der Waals surface area contributed by atoms with E-state index in [-0.39, 0.29) is 0 Å². The Bertz CT molecular complexity index is 152. The lowest BCUT2D eigenvalue weighted by atomic mass is 9.99. The van der Waals surface area contributed by atoms with Crippen LogP contribution in [-0.4, -0.2) is 41.6 Å². The van der Waals surface area contributed by atoms with Crippen LogP contribution >= 0.6 is 11.8 Å². The van der Waals surface area contributed by atoms with Crippen molar-refractivity contribution >= 4 is 11.8 Å². The summed E-state index contributed by atoms with van der Waals surface area (Å²) in [4.78, 5) is 2.60. The highest BCUT2D eigenvalue weighted by Gasteiger charge is 2.22. The van der Waals surface area contributed by atoms with Crippen LogP contribution in [0, 0.1) is 0 Å². The smallest absolute Gasteiger partial charge is 0.00816 e. The fraction of sp³-hybridized carbons (Fsp3) is 1.00. The Balaban J connectivity index is 2.11. The minimum Gasteiger partial charge on any atom is -0.328 e. The molecule has 84 valence electrons. The van der Waals surface area contributed by atoms with Gasteiger partial charge in [0, 0.05) is 12.1 Å². The van der Waals surface area contributed by atoms with Gasteiger partial charge in [-0.05, 0) is 50.8 Å². The van der Waals surface area contributed by atoms with Crippen LogP contribution in [-0.2, 0) is 0 Å². The first kappa shape index (κ1) is 12.3. The molecule has 1 fully saturated rings. The average Bonchev–Trinajstić information content (AvgIpc) is 2.15. The number of likely N-dealkylation sites (tertiary alicyclic amines) is 1. The summed E-state index contributed by atoms with van der Waals surface area (Å²) in [7, 11) is 0. The van der Waals surface area contributed by atoms with Crippen LogP contribution in [0.15, 0.2) is 0 Å². The molecule has 1 saturated heterocycles. The molecule has 14 heavy (non-hydrogen) atoms. The molecule has 0 spiro atoms. The molecule has 1 aliphatic heterocycles. The molecule has 0 amide bonds. The number of hydrogen-bond donors (Lipinski definition) is 1. The van der Waals surface area contributed by atoms with Gasteiger partial charge in [0.1, 0.15) is 0 Å². The van der Waals surface area contributed by atoms with Crippen molar-refractivity contribution in [1.29, 1.82) is 0 Å². The first-order chi connectivity index (χ1) is 6.74. The maximum absolute atomic E-state index is 5.93. The first-order valence-electron chi connectivity index (χ1n) is 5.81. The van der Waals surface area contributed by atoms with Crippen LogP contribution in [0.5, 0.6) is 0 Å². The maximum atomic E-state index is 5.93. The molecular formula is C11H24N2S. The molecule has 1 rings (SSSR count). The van der Waals surface area contributed by atoms with E-state index in [1.807, 2.05) is 11.8 Å². The summed E-state index contributed by atoms with van der Waals surface area (Å²) >= 11 is 2.05. The van der Waals surface area contributed by atoms with Gasteiger partial charge in [-0.2, -0.15) is 11.8 Å². The van der Waals surface area contributed by atoms with Gasteiger partial charge in [-0.1, -0.05) is 6.92 Å². The molecule has 0 aliphatic carbocycles. The van der Waals surface area contributed by atoms with Gasteiger partial charge in [-0.15, -0.1) is 0 Å². The molecule has 2 N–H and O–H groups in total. The van der Waals surface area contributed by atoms with Crippen LogP contribution in [0.4, 0.5) is 0 Å². The second kappa shape index (κ2) is 6.70. The van der Waals surface area contributed by atoms with Crippen LogP contribution in [0.25, 0.3) is 0 Å². The Morgan fingerprint density at radius 1 is 1.50 bits per heavy atom. The van der Waals surface area contributed by atoms with Gasteiger partial charge in [-0.3, -0.25) is 0 Å². The number of rotatable bonds is 5. The fourth-order valence-corrected chi connectivity index (χ4v) is 2.73. The Kier molecular flexibility index (Phi) is 5.90. The maximum Gasteiger partial charge on any atom is 0.00816 e. The van der Waals surface area contributed by atoms with Crippen molar-refractivity contribution in [2.24, 2.45) is 5.73 Å². The number of nitrogens with two attached hydrogens (primary N) is 1. The van der Waals surface area contributed by atoms with Gasteiger partial charge in [-0.25, -0.2) is 0 Å². The minimum absolute atomic E-state index is 0.450. The molecule has 2 atom stereocenters. The first-order valence-corrected chi connectivity index (χ1v) is 6.97. The van der Waals surface area contributed by atoms with E-state index >= 15 is 0 Å². The molecule has 3 heteroatoms. The Morgan fingerprint density at radius 3 is 2.93 bits per heavy atom. The van der Waals surface area contributed by atoms with Crippen LogP contribution in [0.3, 0.4) is 0 Å². The predicted molar refractivity (Wildman–Crippen MR) is 65.9 cm³/mol. The van der Waals surface area contributed by atoms with Crippen LogP contribution < -0.4 is 5.73 Å². The highest BCUT2D eigenvalue weighted by Crippen LogP contribution is 2.16. The van der Waals surface area contributed by atoms with E-state index in [9.17, 15) is 0 Å². The topological polar surface area (TPSA) is 29.3 Å². The minimum atomic E-state index is 0.450. The van der Waals surface area contributed by atoms with Gasteiger partial charge in [0.2, 0.25) is 0 Å². The highest BCUT2D eigenvalue weighted by molar-refractivity contribution is 7.99. The second-order valence-corrected chi connectivity index (χ2v) is 5.61. The molecule has 1 heterocycles. The average molecular weight is 216 g/mol. The van der Waals surface area contributed by atoms with Crippen molar-refractivity contribution in [3.63, 3.8) is 0 Å².